The number of carbonyl (C=O) groups excluding carboxylic acids is 2. The number of hydrogen-bond donors (Lipinski definition) is 1. The molecule has 0 aliphatic heterocycles. The fourth-order valence-electron chi connectivity index (χ4n) is 3.96. The van der Waals surface area contributed by atoms with E-state index in [0.717, 1.165) is 36.6 Å². The van der Waals surface area contributed by atoms with Crippen LogP contribution in [0, 0.1) is 12.8 Å². The molecule has 1 heterocycles. The molecule has 1 amide bonds. The van der Waals surface area contributed by atoms with Crippen LogP contribution in [0.3, 0.4) is 0 Å². The lowest BCUT2D eigenvalue weighted by molar-refractivity contribution is -0.137. The number of nitrogens with one attached hydrogen (secondary N) is 1. The molecule has 174 valence electrons. The summed E-state index contributed by atoms with van der Waals surface area (Å²) in [6.07, 6.45) is -0.0172. The number of hydrogen-bond acceptors (Lipinski definition) is 4. The summed E-state index contributed by atoms with van der Waals surface area (Å²) in [6, 6.07) is 2.56. The molecule has 0 saturated heterocycles. The van der Waals surface area contributed by atoms with Gasteiger partial charge in [-0.15, -0.1) is 0 Å². The molecule has 1 aromatic carbocycles. The molecule has 32 heavy (non-hydrogen) atoms. The first-order chi connectivity index (χ1) is 15.1. The molecule has 1 aliphatic carbocycles. The van der Waals surface area contributed by atoms with Crippen molar-refractivity contribution in [2.75, 3.05) is 6.61 Å². The maximum Gasteiger partial charge on any atom is 0.416 e. The van der Waals surface area contributed by atoms with Gasteiger partial charge < -0.3 is 10.1 Å². The number of ether oxygens (including phenoxy) is 1. The number of rotatable bonds is 6. The first-order valence-electron chi connectivity index (χ1n) is 10.5. The van der Waals surface area contributed by atoms with Gasteiger partial charge in [0, 0.05) is 18.2 Å². The molecule has 6 nitrogen and oxygen atoms in total. The van der Waals surface area contributed by atoms with Crippen molar-refractivity contribution >= 4 is 23.5 Å². The lowest BCUT2D eigenvalue weighted by atomic mass is 9.86. The maximum absolute atomic E-state index is 13.0. The van der Waals surface area contributed by atoms with Crippen LogP contribution in [0.5, 0.6) is 0 Å². The molecular weight excluding hydrogens is 447 g/mol. The second-order valence-corrected chi connectivity index (χ2v) is 8.37. The smallest absolute Gasteiger partial charge is 0.416 e. The second-order valence-electron chi connectivity index (χ2n) is 7.96. The molecule has 0 spiro atoms. The van der Waals surface area contributed by atoms with Crippen LogP contribution in [0.1, 0.15) is 64.6 Å². The van der Waals surface area contributed by atoms with E-state index in [0.29, 0.717) is 25.1 Å². The Kier molecular flexibility index (Phi) is 7.48. The third kappa shape index (κ3) is 5.62. The largest absolute Gasteiger partial charge is 0.461 e. The summed E-state index contributed by atoms with van der Waals surface area (Å²) in [4.78, 5) is 24.7. The lowest BCUT2D eigenvalue weighted by Gasteiger charge is -2.29. The Bertz CT molecular complexity index is 983. The van der Waals surface area contributed by atoms with E-state index in [2.05, 4.69) is 10.4 Å². The van der Waals surface area contributed by atoms with Crippen molar-refractivity contribution in [3.05, 3.63) is 51.8 Å². The average Bonchev–Trinajstić information content (AvgIpc) is 3.09. The van der Waals surface area contributed by atoms with Gasteiger partial charge in [0.05, 0.1) is 29.0 Å². The van der Waals surface area contributed by atoms with Gasteiger partial charge >= 0.3 is 12.1 Å². The van der Waals surface area contributed by atoms with Gasteiger partial charge in [0.15, 0.2) is 0 Å². The maximum atomic E-state index is 13.0. The SMILES string of the molecule is CCOC(=O)c1c(C)cnn1C[C@H]1CC[C@H](NC(=O)c2cc(C(F)(F)F)ccc2Cl)CC1. The van der Waals surface area contributed by atoms with Crippen LogP contribution in [0.15, 0.2) is 24.4 Å². The van der Waals surface area contributed by atoms with Gasteiger partial charge in [0.1, 0.15) is 5.69 Å². The van der Waals surface area contributed by atoms with Gasteiger partial charge in [-0.3, -0.25) is 9.48 Å². The summed E-state index contributed by atoms with van der Waals surface area (Å²) in [5, 5.41) is 7.08. The van der Waals surface area contributed by atoms with Gasteiger partial charge in [-0.2, -0.15) is 18.3 Å². The number of aromatic nitrogens is 2. The number of aryl methyl sites for hydroxylation is 1. The predicted molar refractivity (Wildman–Crippen MR) is 113 cm³/mol. The molecule has 1 saturated carbocycles. The fourth-order valence-corrected chi connectivity index (χ4v) is 4.16. The standard InChI is InChI=1S/C22H25ClF3N3O3/c1-3-32-21(31)19-13(2)11-27-29(19)12-14-4-7-16(8-5-14)28-20(30)17-10-15(22(24,25)26)6-9-18(17)23/h6,9-11,14,16H,3-5,7-8,12H2,1-2H3,(H,28,30)/t14-,16-. The molecular formula is C22H25ClF3N3O3. The molecule has 2 aromatic rings. The number of esters is 1. The van der Waals surface area contributed by atoms with E-state index in [1.54, 1.807) is 24.7 Å². The van der Waals surface area contributed by atoms with Crippen LogP contribution in [0.4, 0.5) is 13.2 Å². The zero-order valence-electron chi connectivity index (χ0n) is 17.8. The van der Waals surface area contributed by atoms with Gasteiger partial charge in [-0.05, 0) is 63.6 Å². The third-order valence-corrected chi connectivity index (χ3v) is 5.97. The van der Waals surface area contributed by atoms with Gasteiger partial charge in [-0.1, -0.05) is 11.6 Å². The van der Waals surface area contributed by atoms with Crippen molar-refractivity contribution in [2.45, 2.75) is 58.3 Å². The normalized spacial score (nSPS) is 18.9. The van der Waals surface area contributed by atoms with Crippen molar-refractivity contribution in [1.29, 1.82) is 0 Å². The van der Waals surface area contributed by atoms with E-state index in [4.69, 9.17) is 16.3 Å². The minimum atomic E-state index is -4.55. The summed E-state index contributed by atoms with van der Waals surface area (Å²) in [7, 11) is 0. The number of amides is 1. The summed E-state index contributed by atoms with van der Waals surface area (Å²) in [5.74, 6) is -0.758. The van der Waals surface area contributed by atoms with E-state index in [1.807, 2.05) is 0 Å². The second kappa shape index (κ2) is 9.94. The summed E-state index contributed by atoms with van der Waals surface area (Å²) < 4.78 is 45.6. The number of benzene rings is 1. The van der Waals surface area contributed by atoms with Crippen molar-refractivity contribution in [3.63, 3.8) is 0 Å². The van der Waals surface area contributed by atoms with E-state index < -0.39 is 23.6 Å². The Morgan fingerprint density at radius 3 is 2.56 bits per heavy atom. The first-order valence-corrected chi connectivity index (χ1v) is 10.8. The Labute approximate surface area is 189 Å². The van der Waals surface area contributed by atoms with Crippen molar-refractivity contribution < 1.29 is 27.5 Å². The van der Waals surface area contributed by atoms with Crippen LogP contribution in [-0.4, -0.2) is 34.3 Å². The highest BCUT2D eigenvalue weighted by molar-refractivity contribution is 6.33. The average molecular weight is 472 g/mol. The molecule has 10 heteroatoms. The van der Waals surface area contributed by atoms with Crippen molar-refractivity contribution in [1.82, 2.24) is 15.1 Å². The molecule has 0 unspecified atom stereocenters. The summed E-state index contributed by atoms with van der Waals surface area (Å²) >= 11 is 5.96. The van der Waals surface area contributed by atoms with Crippen LogP contribution in [0.25, 0.3) is 0 Å². The molecule has 1 fully saturated rings. The summed E-state index contributed by atoms with van der Waals surface area (Å²) in [5.41, 5.74) is 0.0983. The van der Waals surface area contributed by atoms with E-state index in [1.165, 1.54) is 0 Å². The summed E-state index contributed by atoms with van der Waals surface area (Å²) in [6.45, 7) is 4.39. The van der Waals surface area contributed by atoms with Gasteiger partial charge in [0.2, 0.25) is 0 Å². The number of nitrogens with zero attached hydrogens (tertiary/aromatic N) is 2. The molecule has 3 rings (SSSR count). The molecule has 0 radical (unpaired) electrons. The fraction of sp³-hybridized carbons (Fsp3) is 0.500. The zero-order chi connectivity index (χ0) is 23.5. The third-order valence-electron chi connectivity index (χ3n) is 5.64. The monoisotopic (exact) mass is 471 g/mol. The Hall–Kier alpha value is -2.55. The highest BCUT2D eigenvalue weighted by Crippen LogP contribution is 2.32. The number of halogens is 4. The zero-order valence-corrected chi connectivity index (χ0v) is 18.6. The quantitative estimate of drug-likeness (QED) is 0.600. The first kappa shape index (κ1) is 24.1. The van der Waals surface area contributed by atoms with Crippen LogP contribution in [0.2, 0.25) is 5.02 Å². The minimum Gasteiger partial charge on any atom is -0.461 e. The minimum absolute atomic E-state index is 0.0234. The van der Waals surface area contributed by atoms with E-state index >= 15 is 0 Å². The number of carbonyl (C=O) groups is 2. The highest BCUT2D eigenvalue weighted by atomic mass is 35.5. The molecule has 1 aromatic heterocycles. The Balaban J connectivity index is 1.58. The molecule has 0 atom stereocenters. The Morgan fingerprint density at radius 1 is 1.25 bits per heavy atom. The molecule has 1 aliphatic rings. The van der Waals surface area contributed by atoms with E-state index in [-0.39, 0.29) is 29.2 Å². The Morgan fingerprint density at radius 2 is 1.94 bits per heavy atom. The van der Waals surface area contributed by atoms with Gasteiger partial charge in [0.25, 0.3) is 5.91 Å². The van der Waals surface area contributed by atoms with Crippen molar-refractivity contribution in [2.24, 2.45) is 5.92 Å². The highest BCUT2D eigenvalue weighted by Gasteiger charge is 2.32. The number of alkyl halides is 3. The van der Waals surface area contributed by atoms with Crippen LogP contribution >= 0.6 is 11.6 Å². The molecule has 0 bridgehead atoms. The molecule has 1 N–H and O–H groups in total. The topological polar surface area (TPSA) is 73.2 Å². The van der Waals surface area contributed by atoms with Crippen LogP contribution in [-0.2, 0) is 17.5 Å². The van der Waals surface area contributed by atoms with Crippen molar-refractivity contribution in [3.8, 4) is 0 Å². The van der Waals surface area contributed by atoms with Crippen LogP contribution < -0.4 is 5.32 Å². The van der Waals surface area contributed by atoms with E-state index in [9.17, 15) is 22.8 Å². The van der Waals surface area contributed by atoms with Gasteiger partial charge in [-0.25, -0.2) is 4.79 Å². The predicted octanol–water partition coefficient (Wildman–Crippen LogP) is 5.03. The lowest BCUT2D eigenvalue weighted by Crippen LogP contribution is -2.38.